The van der Waals surface area contributed by atoms with Gasteiger partial charge in [-0.25, -0.2) is 12.8 Å². The molecule has 0 saturated heterocycles. The topological polar surface area (TPSA) is 87.3 Å². The molecule has 0 aliphatic heterocycles. The maximum atomic E-state index is 13.6. The molecule has 8 heteroatoms. The number of aromatic nitrogens is 1. The van der Waals surface area contributed by atoms with E-state index in [0.717, 1.165) is 22.2 Å². The summed E-state index contributed by atoms with van der Waals surface area (Å²) in [4.78, 5) is 28.9. The largest absolute Gasteiger partial charge is 0.339 e. The molecule has 0 radical (unpaired) electrons. The number of rotatable bonds is 6. The fourth-order valence-corrected chi connectivity index (χ4v) is 4.04. The first kappa shape index (κ1) is 21.5. The number of sulfonamides is 1. The Hall–Kier alpha value is -3.78. The number of Topliss-reactive ketones (excluding diaryl/α,β-unsaturated/α-hetero) is 2. The Balaban J connectivity index is 1.94. The lowest BCUT2D eigenvalue weighted by molar-refractivity contribution is 0.0817. The Kier molecular flexibility index (Phi) is 5.40. The summed E-state index contributed by atoms with van der Waals surface area (Å²) in [5.41, 5.74) is 1.66. The lowest BCUT2D eigenvalue weighted by Crippen LogP contribution is -2.25. The zero-order chi connectivity index (χ0) is 23.0. The van der Waals surface area contributed by atoms with Gasteiger partial charge in [0.15, 0.2) is 0 Å². The van der Waals surface area contributed by atoms with Crippen LogP contribution in [0.3, 0.4) is 0 Å². The zero-order valence-corrected chi connectivity index (χ0v) is 18.1. The standard InChI is InChI=1S/C24H19FN2O4S/c1-27(32(2,30)31)24-20(15-8-4-3-5-9-15)18-12-7-13-19(21(18)26-24)23(29)22(28)16-10-6-11-17(25)14-16/h3-14,26H,1-2H3. The van der Waals surface area contributed by atoms with E-state index < -0.39 is 27.4 Å². The van der Waals surface area contributed by atoms with Gasteiger partial charge in [0.2, 0.25) is 21.6 Å². The van der Waals surface area contributed by atoms with Crippen molar-refractivity contribution >= 4 is 38.3 Å². The van der Waals surface area contributed by atoms with Crippen molar-refractivity contribution in [1.82, 2.24) is 4.98 Å². The highest BCUT2D eigenvalue weighted by Gasteiger charge is 2.26. The molecule has 32 heavy (non-hydrogen) atoms. The second-order valence-corrected chi connectivity index (χ2v) is 9.36. The molecule has 0 aliphatic carbocycles. The molecule has 1 N–H and O–H groups in total. The molecular weight excluding hydrogens is 431 g/mol. The molecule has 0 atom stereocenters. The summed E-state index contributed by atoms with van der Waals surface area (Å²) in [6, 6.07) is 18.9. The Bertz CT molecular complexity index is 1460. The first-order valence-corrected chi connectivity index (χ1v) is 11.5. The number of para-hydroxylation sites is 1. The van der Waals surface area contributed by atoms with Gasteiger partial charge in [0.1, 0.15) is 11.6 Å². The predicted octanol–water partition coefficient (Wildman–Crippen LogP) is 4.44. The van der Waals surface area contributed by atoms with Crippen LogP contribution in [0.5, 0.6) is 0 Å². The van der Waals surface area contributed by atoms with Crippen molar-refractivity contribution in [2.24, 2.45) is 0 Å². The van der Waals surface area contributed by atoms with Crippen LogP contribution in [0.4, 0.5) is 10.2 Å². The third-order valence-electron chi connectivity index (χ3n) is 5.23. The van der Waals surface area contributed by atoms with Crippen molar-refractivity contribution in [2.75, 3.05) is 17.6 Å². The Morgan fingerprint density at radius 2 is 1.59 bits per heavy atom. The number of carbonyl (C=O) groups excluding carboxylic acids is 2. The van der Waals surface area contributed by atoms with Gasteiger partial charge in [-0.3, -0.25) is 13.9 Å². The van der Waals surface area contributed by atoms with Gasteiger partial charge in [0, 0.05) is 23.6 Å². The number of halogens is 1. The van der Waals surface area contributed by atoms with Crippen molar-refractivity contribution in [2.45, 2.75) is 0 Å². The molecular formula is C24H19FN2O4S. The number of benzene rings is 3. The molecule has 0 unspecified atom stereocenters. The lowest BCUT2D eigenvalue weighted by atomic mass is 9.97. The van der Waals surface area contributed by atoms with Crippen LogP contribution in [0, 0.1) is 5.82 Å². The summed E-state index contributed by atoms with van der Waals surface area (Å²) in [6.07, 6.45) is 1.08. The van der Waals surface area contributed by atoms with Gasteiger partial charge >= 0.3 is 0 Å². The van der Waals surface area contributed by atoms with Gasteiger partial charge in [-0.2, -0.15) is 0 Å². The van der Waals surface area contributed by atoms with Crippen LogP contribution in [0.25, 0.3) is 22.0 Å². The molecule has 1 heterocycles. The predicted molar refractivity (Wildman–Crippen MR) is 122 cm³/mol. The van der Waals surface area contributed by atoms with E-state index in [4.69, 9.17) is 0 Å². The van der Waals surface area contributed by atoms with Crippen LogP contribution >= 0.6 is 0 Å². The molecule has 6 nitrogen and oxygen atoms in total. The quantitative estimate of drug-likeness (QED) is 0.348. The minimum Gasteiger partial charge on any atom is -0.339 e. The molecule has 162 valence electrons. The Morgan fingerprint density at radius 1 is 0.906 bits per heavy atom. The van der Waals surface area contributed by atoms with E-state index in [1.54, 1.807) is 12.1 Å². The van der Waals surface area contributed by atoms with Gasteiger partial charge in [0.25, 0.3) is 0 Å². The highest BCUT2D eigenvalue weighted by Crippen LogP contribution is 2.39. The number of carbonyl (C=O) groups is 2. The zero-order valence-electron chi connectivity index (χ0n) is 17.3. The van der Waals surface area contributed by atoms with Crippen molar-refractivity contribution < 1.29 is 22.4 Å². The van der Waals surface area contributed by atoms with Gasteiger partial charge in [-0.05, 0) is 23.8 Å². The lowest BCUT2D eigenvalue weighted by Gasteiger charge is -2.17. The molecule has 0 saturated carbocycles. The van der Waals surface area contributed by atoms with E-state index in [-0.39, 0.29) is 16.9 Å². The molecule has 0 bridgehead atoms. The molecule has 4 rings (SSSR count). The fourth-order valence-electron chi connectivity index (χ4n) is 3.58. The number of hydrogen-bond donors (Lipinski definition) is 1. The third-order valence-corrected chi connectivity index (χ3v) is 6.40. The van der Waals surface area contributed by atoms with Gasteiger partial charge < -0.3 is 4.98 Å². The summed E-state index contributed by atoms with van der Waals surface area (Å²) in [7, 11) is -2.21. The van der Waals surface area contributed by atoms with E-state index in [1.807, 2.05) is 30.3 Å². The smallest absolute Gasteiger partial charge is 0.235 e. The minimum atomic E-state index is -3.62. The summed E-state index contributed by atoms with van der Waals surface area (Å²) in [6.45, 7) is 0. The van der Waals surface area contributed by atoms with Crippen molar-refractivity contribution in [1.29, 1.82) is 0 Å². The van der Waals surface area contributed by atoms with E-state index >= 15 is 0 Å². The van der Waals surface area contributed by atoms with Gasteiger partial charge in [-0.1, -0.05) is 54.6 Å². The van der Waals surface area contributed by atoms with Crippen molar-refractivity contribution in [3.05, 3.63) is 89.7 Å². The summed E-state index contributed by atoms with van der Waals surface area (Å²) < 4.78 is 39.2. The number of H-pyrrole nitrogens is 1. The van der Waals surface area contributed by atoms with E-state index in [2.05, 4.69) is 4.98 Å². The van der Waals surface area contributed by atoms with E-state index in [1.165, 1.54) is 31.3 Å². The Labute approximate surface area is 184 Å². The number of anilines is 1. The molecule has 0 fully saturated rings. The van der Waals surface area contributed by atoms with E-state index in [9.17, 15) is 22.4 Å². The van der Waals surface area contributed by atoms with Crippen LogP contribution in [-0.4, -0.2) is 38.3 Å². The van der Waals surface area contributed by atoms with E-state index in [0.29, 0.717) is 16.5 Å². The molecule has 4 aromatic rings. The Morgan fingerprint density at radius 3 is 2.25 bits per heavy atom. The second kappa shape index (κ2) is 8.05. The molecule has 1 aromatic heterocycles. The SMILES string of the molecule is CN(c1[nH]c2c(C(=O)C(=O)c3cccc(F)c3)cccc2c1-c1ccccc1)S(C)(=O)=O. The summed E-state index contributed by atoms with van der Waals surface area (Å²) in [5.74, 6) is -2.03. The average Bonchev–Trinajstić information content (AvgIpc) is 3.17. The normalized spacial score (nSPS) is 11.5. The summed E-state index contributed by atoms with van der Waals surface area (Å²) >= 11 is 0. The number of nitrogens with zero attached hydrogens (tertiary/aromatic N) is 1. The maximum Gasteiger partial charge on any atom is 0.235 e. The van der Waals surface area contributed by atoms with Crippen LogP contribution in [-0.2, 0) is 10.0 Å². The highest BCUT2D eigenvalue weighted by molar-refractivity contribution is 7.92. The molecule has 0 spiro atoms. The average molecular weight is 450 g/mol. The van der Waals surface area contributed by atoms with Crippen LogP contribution in [0.15, 0.2) is 72.8 Å². The molecule has 0 aliphatic rings. The fraction of sp³-hybridized carbons (Fsp3) is 0.0833. The van der Waals surface area contributed by atoms with Gasteiger partial charge in [-0.15, -0.1) is 0 Å². The number of ketones is 2. The highest BCUT2D eigenvalue weighted by atomic mass is 32.2. The number of nitrogens with one attached hydrogen (secondary N) is 1. The van der Waals surface area contributed by atoms with Crippen LogP contribution in [0.1, 0.15) is 20.7 Å². The summed E-state index contributed by atoms with van der Waals surface area (Å²) in [5, 5.41) is 0.583. The maximum absolute atomic E-state index is 13.6. The van der Waals surface area contributed by atoms with Crippen molar-refractivity contribution in [3.8, 4) is 11.1 Å². The molecule has 3 aromatic carbocycles. The van der Waals surface area contributed by atoms with Crippen LogP contribution in [0.2, 0.25) is 0 Å². The first-order valence-electron chi connectivity index (χ1n) is 9.67. The van der Waals surface area contributed by atoms with Crippen molar-refractivity contribution in [3.63, 3.8) is 0 Å². The minimum absolute atomic E-state index is 0.0599. The number of fused-ring (bicyclic) bond motifs is 1. The van der Waals surface area contributed by atoms with Crippen LogP contribution < -0.4 is 4.31 Å². The molecule has 0 amide bonds. The number of aromatic amines is 1. The second-order valence-electron chi connectivity index (χ2n) is 7.34. The number of hydrogen-bond acceptors (Lipinski definition) is 4. The first-order chi connectivity index (χ1) is 15.2. The third kappa shape index (κ3) is 3.80. The van der Waals surface area contributed by atoms with Gasteiger partial charge in [0.05, 0.1) is 17.3 Å². The monoisotopic (exact) mass is 450 g/mol.